The van der Waals surface area contributed by atoms with Crippen molar-refractivity contribution in [2.75, 3.05) is 11.9 Å². The average molecular weight is 348 g/mol. The summed E-state index contributed by atoms with van der Waals surface area (Å²) < 4.78 is 7.58. The number of aryl methyl sites for hydroxylation is 1. The number of anilines is 1. The van der Waals surface area contributed by atoms with Crippen LogP contribution in [0.2, 0.25) is 0 Å². The molecule has 0 saturated heterocycles. The van der Waals surface area contributed by atoms with Crippen LogP contribution in [0, 0.1) is 6.92 Å². The lowest BCUT2D eigenvalue weighted by Gasteiger charge is -2.05. The van der Waals surface area contributed by atoms with Crippen LogP contribution in [0.3, 0.4) is 0 Å². The highest BCUT2D eigenvalue weighted by Gasteiger charge is 2.19. The van der Waals surface area contributed by atoms with Gasteiger partial charge < -0.3 is 10.1 Å². The van der Waals surface area contributed by atoms with E-state index in [4.69, 9.17) is 4.74 Å². The van der Waals surface area contributed by atoms with Crippen LogP contribution in [0.4, 0.5) is 5.69 Å². The second-order valence-corrected chi connectivity index (χ2v) is 6.34. The zero-order valence-electron chi connectivity index (χ0n) is 14.6. The van der Waals surface area contributed by atoms with Gasteiger partial charge in [0.15, 0.2) is 5.82 Å². The number of carbonyl (C=O) groups excluding carboxylic acids is 1. The largest absolute Gasteiger partial charge is 0.375 e. The first-order valence-corrected chi connectivity index (χ1v) is 8.65. The molecule has 6 heteroatoms. The van der Waals surface area contributed by atoms with Gasteiger partial charge in [0.2, 0.25) is 5.91 Å². The second kappa shape index (κ2) is 7.09. The number of rotatable bonds is 6. The van der Waals surface area contributed by atoms with Gasteiger partial charge in [-0.3, -0.25) is 4.79 Å². The first-order valence-electron chi connectivity index (χ1n) is 8.65. The van der Waals surface area contributed by atoms with Crippen LogP contribution in [-0.4, -0.2) is 27.3 Å². The zero-order chi connectivity index (χ0) is 17.9. The zero-order valence-corrected chi connectivity index (χ0v) is 14.6. The third-order valence-electron chi connectivity index (χ3n) is 4.41. The lowest BCUT2D eigenvalue weighted by Crippen LogP contribution is -2.09. The second-order valence-electron chi connectivity index (χ2n) is 6.34. The Hall–Kier alpha value is -2.99. The van der Waals surface area contributed by atoms with Crippen molar-refractivity contribution in [2.45, 2.75) is 26.5 Å². The molecule has 6 nitrogen and oxygen atoms in total. The molecule has 0 aliphatic carbocycles. The van der Waals surface area contributed by atoms with Gasteiger partial charge in [0.25, 0.3) is 0 Å². The van der Waals surface area contributed by atoms with Gasteiger partial charge in [-0.15, -0.1) is 0 Å². The van der Waals surface area contributed by atoms with Crippen molar-refractivity contribution >= 4 is 11.6 Å². The lowest BCUT2D eigenvalue weighted by molar-refractivity contribution is -0.115. The molecule has 2 heterocycles. The van der Waals surface area contributed by atoms with Gasteiger partial charge in [0.1, 0.15) is 5.82 Å². The molecule has 1 amide bonds. The van der Waals surface area contributed by atoms with E-state index in [-0.39, 0.29) is 5.91 Å². The summed E-state index contributed by atoms with van der Waals surface area (Å²) in [6.07, 6.45) is 0.440. The Labute approximate surface area is 151 Å². The predicted molar refractivity (Wildman–Crippen MR) is 98.6 cm³/mol. The Balaban J connectivity index is 1.40. The van der Waals surface area contributed by atoms with Crippen LogP contribution in [0.1, 0.15) is 17.0 Å². The fraction of sp³-hybridized carbons (Fsp3) is 0.250. The van der Waals surface area contributed by atoms with Crippen LogP contribution >= 0.6 is 0 Å². The number of carbonyl (C=O) groups is 1. The molecule has 3 aromatic rings. The number of ether oxygens (including phenoxy) is 1. The summed E-state index contributed by atoms with van der Waals surface area (Å²) in [6.45, 7) is 3.74. The maximum atomic E-state index is 11.5. The van der Waals surface area contributed by atoms with Crippen LogP contribution < -0.4 is 5.32 Å². The summed E-state index contributed by atoms with van der Waals surface area (Å²) in [7, 11) is 0. The van der Waals surface area contributed by atoms with E-state index in [2.05, 4.69) is 15.4 Å². The summed E-state index contributed by atoms with van der Waals surface area (Å²) in [4.78, 5) is 16.0. The van der Waals surface area contributed by atoms with Crippen molar-refractivity contribution in [2.24, 2.45) is 0 Å². The van der Waals surface area contributed by atoms with Crippen molar-refractivity contribution in [3.05, 3.63) is 65.5 Å². The molecule has 1 aliphatic rings. The molecular weight excluding hydrogens is 328 g/mol. The molecule has 0 bridgehead atoms. The van der Waals surface area contributed by atoms with Crippen LogP contribution in [-0.2, 0) is 29.1 Å². The van der Waals surface area contributed by atoms with Gasteiger partial charge in [-0.1, -0.05) is 42.5 Å². The molecule has 4 rings (SSSR count). The van der Waals surface area contributed by atoms with E-state index >= 15 is 0 Å². The molecule has 0 atom stereocenters. The molecule has 0 unspecified atom stereocenters. The summed E-state index contributed by atoms with van der Waals surface area (Å²) in [5.41, 5.74) is 3.93. The minimum atomic E-state index is 0.0300. The topological polar surface area (TPSA) is 69.0 Å². The van der Waals surface area contributed by atoms with E-state index in [0.717, 1.165) is 28.2 Å². The highest BCUT2D eigenvalue weighted by molar-refractivity contribution is 5.99. The van der Waals surface area contributed by atoms with Gasteiger partial charge in [0.05, 0.1) is 26.2 Å². The summed E-state index contributed by atoms with van der Waals surface area (Å²) in [5.74, 6) is 1.53. The van der Waals surface area contributed by atoms with Crippen molar-refractivity contribution in [3.8, 4) is 11.4 Å². The maximum absolute atomic E-state index is 11.5. The molecule has 0 fully saturated rings. The number of nitrogens with zero attached hydrogens (tertiary/aromatic N) is 3. The van der Waals surface area contributed by atoms with E-state index in [9.17, 15) is 4.79 Å². The monoisotopic (exact) mass is 348 g/mol. The van der Waals surface area contributed by atoms with E-state index in [1.54, 1.807) is 0 Å². The summed E-state index contributed by atoms with van der Waals surface area (Å²) in [5, 5.41) is 7.45. The Morgan fingerprint density at radius 2 is 2.04 bits per heavy atom. The SMILES string of the molecule is Cc1nc(-c2ccc3c(c2)NC(=O)C3)nn1CCOCc1ccccc1. The Bertz CT molecular complexity index is 934. The average Bonchev–Trinajstić information content (AvgIpc) is 3.20. The highest BCUT2D eigenvalue weighted by atomic mass is 16.5. The Morgan fingerprint density at radius 1 is 1.19 bits per heavy atom. The number of benzene rings is 2. The quantitative estimate of drug-likeness (QED) is 0.696. The van der Waals surface area contributed by atoms with E-state index in [1.807, 2.05) is 60.1 Å². The molecule has 0 radical (unpaired) electrons. The standard InChI is InChI=1S/C20H20N4O2/c1-14-21-20(17-8-7-16-12-19(25)22-18(16)11-17)23-24(14)9-10-26-13-15-5-3-2-4-6-15/h2-8,11H,9-10,12-13H2,1H3,(H,22,25). The van der Waals surface area contributed by atoms with Crippen LogP contribution in [0.5, 0.6) is 0 Å². The van der Waals surface area contributed by atoms with Crippen molar-refractivity contribution < 1.29 is 9.53 Å². The first kappa shape index (κ1) is 16.5. The first-order chi connectivity index (χ1) is 12.7. The molecule has 1 N–H and O–H groups in total. The number of amides is 1. The molecule has 0 saturated carbocycles. The molecule has 2 aromatic carbocycles. The van der Waals surface area contributed by atoms with Crippen LogP contribution in [0.25, 0.3) is 11.4 Å². The number of nitrogens with one attached hydrogen (secondary N) is 1. The minimum Gasteiger partial charge on any atom is -0.375 e. The fourth-order valence-electron chi connectivity index (χ4n) is 3.02. The number of fused-ring (bicyclic) bond motifs is 1. The smallest absolute Gasteiger partial charge is 0.228 e. The third-order valence-corrected chi connectivity index (χ3v) is 4.41. The van der Waals surface area contributed by atoms with Gasteiger partial charge in [-0.2, -0.15) is 5.10 Å². The predicted octanol–water partition coefficient (Wildman–Crippen LogP) is 2.96. The maximum Gasteiger partial charge on any atom is 0.228 e. The Kier molecular flexibility index (Phi) is 4.50. The van der Waals surface area contributed by atoms with E-state index in [1.165, 1.54) is 0 Å². The molecule has 1 aliphatic heterocycles. The van der Waals surface area contributed by atoms with E-state index in [0.29, 0.717) is 32.0 Å². The highest BCUT2D eigenvalue weighted by Crippen LogP contribution is 2.28. The number of hydrogen-bond acceptors (Lipinski definition) is 4. The molecule has 132 valence electrons. The lowest BCUT2D eigenvalue weighted by atomic mass is 10.1. The van der Waals surface area contributed by atoms with Gasteiger partial charge in [-0.25, -0.2) is 9.67 Å². The number of aromatic nitrogens is 3. The van der Waals surface area contributed by atoms with Gasteiger partial charge in [0, 0.05) is 11.3 Å². The van der Waals surface area contributed by atoms with Crippen LogP contribution in [0.15, 0.2) is 48.5 Å². The van der Waals surface area contributed by atoms with Crippen molar-refractivity contribution in [1.29, 1.82) is 0 Å². The summed E-state index contributed by atoms with van der Waals surface area (Å²) >= 11 is 0. The van der Waals surface area contributed by atoms with Crippen molar-refractivity contribution in [3.63, 3.8) is 0 Å². The van der Waals surface area contributed by atoms with Crippen molar-refractivity contribution in [1.82, 2.24) is 14.8 Å². The molecule has 26 heavy (non-hydrogen) atoms. The van der Waals surface area contributed by atoms with Gasteiger partial charge in [-0.05, 0) is 24.1 Å². The minimum absolute atomic E-state index is 0.0300. The Morgan fingerprint density at radius 3 is 2.88 bits per heavy atom. The summed E-state index contributed by atoms with van der Waals surface area (Å²) in [6, 6.07) is 16.0. The molecule has 0 spiro atoms. The molecular formula is C20H20N4O2. The van der Waals surface area contributed by atoms with E-state index < -0.39 is 0 Å². The fourth-order valence-corrected chi connectivity index (χ4v) is 3.02. The molecule has 1 aromatic heterocycles. The van der Waals surface area contributed by atoms with Gasteiger partial charge >= 0.3 is 0 Å². The third kappa shape index (κ3) is 3.50. The number of hydrogen-bond donors (Lipinski definition) is 1. The normalized spacial score (nSPS) is 12.9.